The van der Waals surface area contributed by atoms with Crippen molar-refractivity contribution < 1.29 is 19.5 Å². The first-order valence-electron chi connectivity index (χ1n) is 6.68. The Morgan fingerprint density at radius 3 is 2.59 bits per heavy atom. The molecule has 0 spiro atoms. The highest BCUT2D eigenvalue weighted by molar-refractivity contribution is 7.12. The summed E-state index contributed by atoms with van der Waals surface area (Å²) in [6.07, 6.45) is 0.192. The monoisotopic (exact) mass is 317 g/mol. The third kappa shape index (κ3) is 4.02. The lowest BCUT2D eigenvalue weighted by molar-refractivity contribution is -0.116. The van der Waals surface area contributed by atoms with Crippen LogP contribution in [0.3, 0.4) is 0 Å². The molecule has 0 saturated heterocycles. The van der Waals surface area contributed by atoms with E-state index < -0.39 is 5.97 Å². The molecule has 0 radical (unpaired) electrons. The number of carbonyl (C=O) groups excluding carboxylic acids is 2. The van der Waals surface area contributed by atoms with E-state index in [1.54, 1.807) is 25.1 Å². The Bertz CT molecular complexity index is 707. The summed E-state index contributed by atoms with van der Waals surface area (Å²) < 4.78 is 0. The number of ketones is 1. The zero-order chi connectivity index (χ0) is 16.1. The molecule has 0 aliphatic heterocycles. The smallest absolute Gasteiger partial charge is 0.335 e. The summed E-state index contributed by atoms with van der Waals surface area (Å²) in [5.41, 5.74) is 1.33. The number of Topliss-reactive ketones (excluding diaryl/α,β-unsaturated/α-hetero) is 1. The Morgan fingerprint density at radius 1 is 1.18 bits per heavy atom. The Kier molecular flexibility index (Phi) is 5.06. The van der Waals surface area contributed by atoms with Crippen LogP contribution >= 0.6 is 11.3 Å². The molecule has 22 heavy (non-hydrogen) atoms. The van der Waals surface area contributed by atoms with Gasteiger partial charge >= 0.3 is 5.97 Å². The van der Waals surface area contributed by atoms with E-state index in [1.807, 2.05) is 5.38 Å². The van der Waals surface area contributed by atoms with Gasteiger partial charge in [0.15, 0.2) is 5.78 Å². The van der Waals surface area contributed by atoms with Gasteiger partial charge in [-0.25, -0.2) is 4.79 Å². The number of hydrogen-bond acceptors (Lipinski definition) is 4. The average Bonchev–Trinajstić information content (AvgIpc) is 3.01. The normalized spacial score (nSPS) is 10.2. The summed E-state index contributed by atoms with van der Waals surface area (Å²) in [5.74, 6) is -1.43. The van der Waals surface area contributed by atoms with E-state index >= 15 is 0 Å². The highest BCUT2D eigenvalue weighted by Crippen LogP contribution is 2.18. The van der Waals surface area contributed by atoms with E-state index in [2.05, 4.69) is 5.32 Å². The number of amides is 1. The average molecular weight is 317 g/mol. The predicted molar refractivity (Wildman–Crippen MR) is 84.7 cm³/mol. The maximum absolute atomic E-state index is 11.9. The molecule has 0 saturated carbocycles. The van der Waals surface area contributed by atoms with Gasteiger partial charge in [-0.2, -0.15) is 0 Å². The molecule has 1 aromatic carbocycles. The van der Waals surface area contributed by atoms with Gasteiger partial charge in [0.05, 0.1) is 10.4 Å². The van der Waals surface area contributed by atoms with Gasteiger partial charge in [0, 0.05) is 18.5 Å². The van der Waals surface area contributed by atoms with Crippen LogP contribution in [-0.2, 0) is 4.79 Å². The van der Waals surface area contributed by atoms with Crippen LogP contribution in [0.2, 0.25) is 0 Å². The summed E-state index contributed by atoms with van der Waals surface area (Å²) in [5, 5.41) is 13.4. The molecule has 0 aliphatic carbocycles. The Balaban J connectivity index is 1.96. The SMILES string of the molecule is Cc1ccc(C(=O)O)cc1NC(=O)CCC(=O)c1cccs1. The van der Waals surface area contributed by atoms with Crippen LogP contribution in [0, 0.1) is 6.92 Å². The number of carboxylic acids is 1. The molecule has 5 nitrogen and oxygen atoms in total. The summed E-state index contributed by atoms with van der Waals surface area (Å²) in [6.45, 7) is 1.78. The van der Waals surface area contributed by atoms with Crippen molar-refractivity contribution >= 4 is 34.7 Å². The third-order valence-corrected chi connectivity index (χ3v) is 4.04. The zero-order valence-corrected chi connectivity index (χ0v) is 12.8. The molecule has 0 atom stereocenters. The molecule has 2 aromatic rings. The fourth-order valence-electron chi connectivity index (χ4n) is 1.89. The van der Waals surface area contributed by atoms with Crippen LogP contribution in [0.1, 0.15) is 38.4 Å². The number of benzene rings is 1. The topological polar surface area (TPSA) is 83.5 Å². The lowest BCUT2D eigenvalue weighted by Gasteiger charge is -2.09. The van der Waals surface area contributed by atoms with E-state index in [1.165, 1.54) is 23.5 Å². The maximum atomic E-state index is 11.9. The van der Waals surface area contributed by atoms with Crippen LogP contribution in [0.15, 0.2) is 35.7 Å². The Hall–Kier alpha value is -2.47. The molecule has 0 bridgehead atoms. The standard InChI is InChI=1S/C16H15NO4S/c1-10-4-5-11(16(20)21)9-12(10)17-15(19)7-6-13(18)14-3-2-8-22-14/h2-5,8-9H,6-7H2,1H3,(H,17,19)(H,20,21). The number of carbonyl (C=O) groups is 3. The van der Waals surface area contributed by atoms with Crippen molar-refractivity contribution in [1.29, 1.82) is 0 Å². The van der Waals surface area contributed by atoms with Gasteiger partial charge in [-0.3, -0.25) is 9.59 Å². The predicted octanol–water partition coefficient (Wildman–Crippen LogP) is 3.36. The van der Waals surface area contributed by atoms with Gasteiger partial charge in [0.25, 0.3) is 0 Å². The number of aryl methyl sites for hydroxylation is 1. The summed E-state index contributed by atoms with van der Waals surface area (Å²) >= 11 is 1.35. The molecule has 1 aromatic heterocycles. The second-order valence-electron chi connectivity index (χ2n) is 4.78. The molecule has 2 N–H and O–H groups in total. The molecule has 6 heteroatoms. The highest BCUT2D eigenvalue weighted by atomic mass is 32.1. The second kappa shape index (κ2) is 7.00. The van der Waals surface area contributed by atoms with Crippen LogP contribution < -0.4 is 5.32 Å². The minimum atomic E-state index is -1.05. The summed E-state index contributed by atoms with van der Waals surface area (Å²) in [4.78, 5) is 35.3. The first-order chi connectivity index (χ1) is 10.5. The van der Waals surface area contributed by atoms with Crippen LogP contribution in [-0.4, -0.2) is 22.8 Å². The molecule has 0 fully saturated rings. The molecule has 114 valence electrons. The van der Waals surface area contributed by atoms with E-state index in [0.29, 0.717) is 10.6 Å². The van der Waals surface area contributed by atoms with Crippen LogP contribution in [0.25, 0.3) is 0 Å². The van der Waals surface area contributed by atoms with Gasteiger partial charge in [0.2, 0.25) is 5.91 Å². The van der Waals surface area contributed by atoms with Crippen molar-refractivity contribution in [2.24, 2.45) is 0 Å². The summed E-state index contributed by atoms with van der Waals surface area (Å²) in [7, 11) is 0. The van der Waals surface area contributed by atoms with Gasteiger partial charge < -0.3 is 10.4 Å². The Morgan fingerprint density at radius 2 is 1.95 bits per heavy atom. The third-order valence-electron chi connectivity index (χ3n) is 3.13. The largest absolute Gasteiger partial charge is 0.478 e. The zero-order valence-electron chi connectivity index (χ0n) is 12.0. The molecular weight excluding hydrogens is 302 g/mol. The van der Waals surface area contributed by atoms with E-state index in [0.717, 1.165) is 5.56 Å². The van der Waals surface area contributed by atoms with Crippen molar-refractivity contribution in [1.82, 2.24) is 0 Å². The van der Waals surface area contributed by atoms with Crippen molar-refractivity contribution in [3.05, 3.63) is 51.7 Å². The molecule has 0 aliphatic rings. The molecule has 2 rings (SSSR count). The quantitative estimate of drug-likeness (QED) is 0.800. The summed E-state index contributed by atoms with van der Waals surface area (Å²) in [6, 6.07) is 8.05. The number of rotatable bonds is 6. The van der Waals surface area contributed by atoms with E-state index in [9.17, 15) is 14.4 Å². The van der Waals surface area contributed by atoms with Crippen molar-refractivity contribution in [2.75, 3.05) is 5.32 Å². The first kappa shape index (κ1) is 15.9. The number of hydrogen-bond donors (Lipinski definition) is 2. The number of nitrogens with one attached hydrogen (secondary N) is 1. The first-order valence-corrected chi connectivity index (χ1v) is 7.56. The maximum Gasteiger partial charge on any atom is 0.335 e. The minimum Gasteiger partial charge on any atom is -0.478 e. The molecule has 1 heterocycles. The van der Waals surface area contributed by atoms with Gasteiger partial charge in [0.1, 0.15) is 0 Å². The van der Waals surface area contributed by atoms with Gasteiger partial charge in [-0.15, -0.1) is 11.3 Å². The van der Waals surface area contributed by atoms with Crippen molar-refractivity contribution in [3.63, 3.8) is 0 Å². The van der Waals surface area contributed by atoms with Crippen molar-refractivity contribution in [3.8, 4) is 0 Å². The minimum absolute atomic E-state index is 0.0630. The van der Waals surface area contributed by atoms with E-state index in [4.69, 9.17) is 5.11 Å². The molecule has 1 amide bonds. The lowest BCUT2D eigenvalue weighted by atomic mass is 10.1. The van der Waals surface area contributed by atoms with Crippen LogP contribution in [0.4, 0.5) is 5.69 Å². The number of aromatic carboxylic acids is 1. The fraction of sp³-hybridized carbons (Fsp3) is 0.188. The number of anilines is 1. The lowest BCUT2D eigenvalue weighted by Crippen LogP contribution is -2.14. The highest BCUT2D eigenvalue weighted by Gasteiger charge is 2.12. The van der Waals surface area contributed by atoms with Gasteiger partial charge in [-0.05, 0) is 36.1 Å². The van der Waals surface area contributed by atoms with Crippen LogP contribution in [0.5, 0.6) is 0 Å². The van der Waals surface area contributed by atoms with Crippen molar-refractivity contribution in [2.45, 2.75) is 19.8 Å². The fourth-order valence-corrected chi connectivity index (χ4v) is 2.58. The molecular formula is C16H15NO4S. The van der Waals surface area contributed by atoms with Gasteiger partial charge in [-0.1, -0.05) is 12.1 Å². The Labute approximate surface area is 131 Å². The van der Waals surface area contributed by atoms with E-state index in [-0.39, 0.29) is 30.1 Å². The molecule has 0 unspecified atom stereocenters. The second-order valence-corrected chi connectivity index (χ2v) is 5.73. The number of carboxylic acid groups (broad SMARTS) is 1. The number of thiophene rings is 1.